The fraction of sp³-hybridized carbons (Fsp3) is 0.375. The second-order valence-corrected chi connectivity index (χ2v) is 10.5. The van der Waals surface area contributed by atoms with Gasteiger partial charge in [0.1, 0.15) is 17.3 Å². The minimum absolute atomic E-state index is 0. The molecule has 216 valence electrons. The molecule has 0 bridgehead atoms. The summed E-state index contributed by atoms with van der Waals surface area (Å²) < 4.78 is 0. The molecule has 0 aromatic heterocycles. The van der Waals surface area contributed by atoms with E-state index in [1.807, 2.05) is 30.4 Å². The van der Waals surface area contributed by atoms with Crippen molar-refractivity contribution in [2.75, 3.05) is 6.61 Å². The van der Waals surface area contributed by atoms with E-state index < -0.39 is 29.3 Å². The Morgan fingerprint density at radius 3 is 2.38 bits per heavy atom. The molecule has 5 N–H and O–H groups in total. The van der Waals surface area contributed by atoms with Crippen molar-refractivity contribution in [2.45, 2.75) is 52.4 Å². The summed E-state index contributed by atoms with van der Waals surface area (Å²) in [6.07, 6.45) is 13.0. The van der Waals surface area contributed by atoms with Crippen LogP contribution in [0.1, 0.15) is 65.5 Å². The van der Waals surface area contributed by atoms with Gasteiger partial charge in [-0.1, -0.05) is 42.5 Å². The van der Waals surface area contributed by atoms with Crippen LogP contribution in [0.4, 0.5) is 0 Å². The smallest absolute Gasteiger partial charge is 0.173 e. The van der Waals surface area contributed by atoms with Crippen LogP contribution in [-0.4, -0.2) is 50.5 Å². The Kier molecular flexibility index (Phi) is 9.95. The minimum Gasteiger partial charge on any atom is -0.507 e. The Balaban J connectivity index is 0.00000294. The molecule has 3 unspecified atom stereocenters. The van der Waals surface area contributed by atoms with Crippen molar-refractivity contribution in [3.05, 3.63) is 76.4 Å². The summed E-state index contributed by atoms with van der Waals surface area (Å²) in [6, 6.07) is 3.26. The Morgan fingerprint density at radius 2 is 1.73 bits per heavy atom. The van der Waals surface area contributed by atoms with E-state index in [4.69, 9.17) is 0 Å². The van der Waals surface area contributed by atoms with Gasteiger partial charge < -0.3 is 20.8 Å². The molecule has 0 radical (unpaired) electrons. The fourth-order valence-electron chi connectivity index (χ4n) is 6.05. The Hall–Kier alpha value is -3.88. The number of aromatic hydroxyl groups is 1. The maximum absolute atomic E-state index is 13.7. The second-order valence-electron chi connectivity index (χ2n) is 10.5. The van der Waals surface area contributed by atoms with Crippen molar-refractivity contribution in [2.24, 2.45) is 17.8 Å². The lowest BCUT2D eigenvalue weighted by Gasteiger charge is -2.39. The molecule has 40 heavy (non-hydrogen) atoms. The molecule has 1 saturated carbocycles. The first-order valence-electron chi connectivity index (χ1n) is 13.3. The third kappa shape index (κ3) is 6.13. The molecule has 1 aromatic rings. The van der Waals surface area contributed by atoms with E-state index in [0.29, 0.717) is 36.8 Å². The molecule has 3 atom stereocenters. The summed E-state index contributed by atoms with van der Waals surface area (Å²) in [5.74, 6) is -3.91. The SMILES string of the molecule is CC(=O)CC(=O)C1C(=O)C2=C(O)c3c(O)ccc(/C4=C/C=C(/C(C)=O)C/C=C\C=C/C4)c3CC2CC1CCO.O.[HH].[HH]. The number of allylic oxidation sites excluding steroid dienone is 9. The van der Waals surface area contributed by atoms with Crippen LogP contribution >= 0.6 is 0 Å². The van der Waals surface area contributed by atoms with Crippen LogP contribution in [0.3, 0.4) is 0 Å². The monoisotopic (exact) mass is 552 g/mol. The molecule has 0 spiro atoms. The number of aliphatic hydroxyl groups excluding tert-OH is 2. The number of rotatable bonds is 7. The van der Waals surface area contributed by atoms with Gasteiger partial charge in [-0.15, -0.1) is 0 Å². The van der Waals surface area contributed by atoms with Gasteiger partial charge in [0.05, 0.1) is 17.9 Å². The van der Waals surface area contributed by atoms with Crippen LogP contribution < -0.4 is 0 Å². The molecule has 4 rings (SSSR count). The molecule has 8 heteroatoms. The number of carbonyl (C=O) groups excluding carboxylic acids is 4. The Bertz CT molecular complexity index is 1380. The summed E-state index contributed by atoms with van der Waals surface area (Å²) in [5, 5.41) is 31.9. The average molecular weight is 553 g/mol. The van der Waals surface area contributed by atoms with Crippen molar-refractivity contribution in [1.82, 2.24) is 0 Å². The number of phenols is 1. The number of aliphatic hydroxyl groups is 2. The van der Waals surface area contributed by atoms with Gasteiger partial charge in [0.25, 0.3) is 0 Å². The van der Waals surface area contributed by atoms with Crippen LogP contribution in [0, 0.1) is 17.8 Å². The van der Waals surface area contributed by atoms with Crippen molar-refractivity contribution in [3.8, 4) is 5.75 Å². The van der Waals surface area contributed by atoms with Gasteiger partial charge in [-0.25, -0.2) is 0 Å². The molecule has 1 aromatic carbocycles. The summed E-state index contributed by atoms with van der Waals surface area (Å²) in [5.41, 5.74) is 3.30. The van der Waals surface area contributed by atoms with Crippen LogP contribution in [0.5, 0.6) is 5.75 Å². The quantitative estimate of drug-likeness (QED) is 0.421. The van der Waals surface area contributed by atoms with E-state index in [1.54, 1.807) is 12.1 Å². The van der Waals surface area contributed by atoms with Crippen LogP contribution in [-0.2, 0) is 25.6 Å². The standard InChI is InChI=1S/C32H34O7.H2O.2H2/c1-18(34)15-27(37)28-22(13-14-33)16-23-17-25-24(11-12-26(36)30(25)32(39)29(23)31(28)38)21-8-6-4-3-5-7-20(9-10-21)19(2)35;;;/h3-6,9-12,22-23,28,33,36,39H,7-8,13-17H2,1-2H3;1H2;2*1H/b5-3-,6-4-,20-9+,21-10+;;;. The summed E-state index contributed by atoms with van der Waals surface area (Å²) in [7, 11) is 0. The minimum atomic E-state index is -1.12. The zero-order valence-corrected chi connectivity index (χ0v) is 22.8. The van der Waals surface area contributed by atoms with Gasteiger partial charge in [0, 0.05) is 15.0 Å². The van der Waals surface area contributed by atoms with Crippen molar-refractivity contribution >= 4 is 34.5 Å². The van der Waals surface area contributed by atoms with Crippen LogP contribution in [0.2, 0.25) is 0 Å². The van der Waals surface area contributed by atoms with E-state index in [0.717, 1.165) is 11.1 Å². The largest absolute Gasteiger partial charge is 0.507 e. The molecule has 0 heterocycles. The number of carbonyl (C=O) groups is 4. The normalized spacial score (nSPS) is 26.6. The van der Waals surface area contributed by atoms with Gasteiger partial charge in [-0.2, -0.15) is 0 Å². The fourth-order valence-corrected chi connectivity index (χ4v) is 6.05. The topological polar surface area (TPSA) is 160 Å². The van der Waals surface area contributed by atoms with Crippen molar-refractivity contribution in [1.29, 1.82) is 0 Å². The molecule has 0 saturated heterocycles. The highest BCUT2D eigenvalue weighted by molar-refractivity contribution is 6.17. The first-order chi connectivity index (χ1) is 18.6. The molecular weight excluding hydrogens is 512 g/mol. The third-order valence-electron chi connectivity index (χ3n) is 7.86. The lowest BCUT2D eigenvalue weighted by Crippen LogP contribution is -2.43. The summed E-state index contributed by atoms with van der Waals surface area (Å²) >= 11 is 0. The second kappa shape index (κ2) is 13.0. The first-order valence-corrected chi connectivity index (χ1v) is 13.3. The zero-order valence-electron chi connectivity index (χ0n) is 22.8. The summed E-state index contributed by atoms with van der Waals surface area (Å²) in [6.45, 7) is 2.61. The molecular formula is C32H40O8. The van der Waals surface area contributed by atoms with Crippen molar-refractivity contribution in [3.63, 3.8) is 0 Å². The van der Waals surface area contributed by atoms with Gasteiger partial charge in [-0.3, -0.25) is 19.2 Å². The maximum atomic E-state index is 13.7. The number of hydrogen-bond donors (Lipinski definition) is 3. The average Bonchev–Trinajstić information content (AvgIpc) is 2.86. The molecule has 3 aliphatic carbocycles. The highest BCUT2D eigenvalue weighted by Crippen LogP contribution is 2.49. The molecule has 3 aliphatic rings. The number of Topliss-reactive ketones (excluding diaryl/α,β-unsaturated/α-hetero) is 4. The third-order valence-corrected chi connectivity index (χ3v) is 7.86. The van der Waals surface area contributed by atoms with E-state index in [9.17, 15) is 34.5 Å². The highest BCUT2D eigenvalue weighted by Gasteiger charge is 2.47. The maximum Gasteiger partial charge on any atom is 0.173 e. The first kappa shape index (κ1) is 30.7. The predicted molar refractivity (Wildman–Crippen MR) is 156 cm³/mol. The summed E-state index contributed by atoms with van der Waals surface area (Å²) in [4.78, 5) is 50.3. The number of ketones is 4. The lowest BCUT2D eigenvalue weighted by atomic mass is 9.63. The van der Waals surface area contributed by atoms with Crippen molar-refractivity contribution < 1.29 is 42.8 Å². The lowest BCUT2D eigenvalue weighted by molar-refractivity contribution is -0.137. The molecule has 0 amide bonds. The zero-order chi connectivity index (χ0) is 28.3. The van der Waals surface area contributed by atoms with E-state index in [2.05, 4.69) is 0 Å². The molecule has 8 nitrogen and oxygen atoms in total. The van der Waals surface area contributed by atoms with Gasteiger partial charge in [-0.05, 0) is 86.1 Å². The highest BCUT2D eigenvalue weighted by atomic mass is 16.3. The van der Waals surface area contributed by atoms with Crippen LogP contribution in [0.25, 0.3) is 11.3 Å². The van der Waals surface area contributed by atoms with E-state index in [1.165, 1.54) is 19.9 Å². The molecule has 1 fully saturated rings. The number of phenolic OH excluding ortho intramolecular Hbond substituents is 1. The number of benzene rings is 1. The van der Waals surface area contributed by atoms with Gasteiger partial charge in [0.15, 0.2) is 17.3 Å². The van der Waals surface area contributed by atoms with E-state index >= 15 is 0 Å². The van der Waals surface area contributed by atoms with Crippen LogP contribution in [0.15, 0.2) is 59.7 Å². The van der Waals surface area contributed by atoms with Gasteiger partial charge >= 0.3 is 0 Å². The predicted octanol–water partition coefficient (Wildman–Crippen LogP) is 4.44. The Morgan fingerprint density at radius 1 is 1.02 bits per heavy atom. The number of hydrogen-bond acceptors (Lipinski definition) is 7. The van der Waals surface area contributed by atoms with E-state index in [-0.39, 0.29) is 62.0 Å². The molecule has 0 aliphatic heterocycles. The Labute approximate surface area is 236 Å². The number of fused-ring (bicyclic) bond motifs is 2. The van der Waals surface area contributed by atoms with Gasteiger partial charge in [0.2, 0.25) is 0 Å².